The molecule has 0 aromatic carbocycles. The van der Waals surface area contributed by atoms with E-state index >= 15 is 0 Å². The number of aryl methyl sites for hydroxylation is 2. The Bertz CT molecular complexity index is 340. The van der Waals surface area contributed by atoms with E-state index in [1.165, 1.54) is 42.7 Å². The van der Waals surface area contributed by atoms with E-state index in [1.807, 2.05) is 0 Å². The molecule has 2 nitrogen and oxygen atoms in total. The van der Waals surface area contributed by atoms with Crippen LogP contribution in [0, 0.1) is 25.7 Å². The number of aromatic nitrogens is 1. The molecule has 1 N–H and O–H groups in total. The summed E-state index contributed by atoms with van der Waals surface area (Å²) < 4.78 is 0. The molecule has 1 fully saturated rings. The summed E-state index contributed by atoms with van der Waals surface area (Å²) in [7, 11) is 0. The fourth-order valence-corrected chi connectivity index (χ4v) is 3.59. The molecule has 0 bridgehead atoms. The summed E-state index contributed by atoms with van der Waals surface area (Å²) in [5.74, 6) is 1.88. The molecule has 0 saturated heterocycles. The standard InChI is InChI=1S/C14H24N2S/c1-10-5-4-6-13(9-10)7-8-15-14-16-11(2)12(3)17-14/h10,13H,4-9H2,1-3H3,(H,15,16). The SMILES string of the molecule is Cc1nc(NCCC2CCCC(C)C2)sc1C. The van der Waals surface area contributed by atoms with Crippen LogP contribution in [0.25, 0.3) is 0 Å². The van der Waals surface area contributed by atoms with Gasteiger partial charge in [0.1, 0.15) is 0 Å². The van der Waals surface area contributed by atoms with Crippen LogP contribution in [0.4, 0.5) is 5.13 Å². The van der Waals surface area contributed by atoms with Crippen LogP contribution in [0.5, 0.6) is 0 Å². The Morgan fingerprint density at radius 3 is 2.82 bits per heavy atom. The predicted molar refractivity (Wildman–Crippen MR) is 75.8 cm³/mol. The van der Waals surface area contributed by atoms with Crippen LogP contribution in [0.2, 0.25) is 0 Å². The number of anilines is 1. The normalized spacial score (nSPS) is 24.9. The molecule has 1 aromatic heterocycles. The highest BCUT2D eigenvalue weighted by molar-refractivity contribution is 7.15. The number of rotatable bonds is 4. The molecule has 2 rings (SSSR count). The highest BCUT2D eigenvalue weighted by Crippen LogP contribution is 2.30. The quantitative estimate of drug-likeness (QED) is 0.859. The van der Waals surface area contributed by atoms with Gasteiger partial charge in [-0.2, -0.15) is 0 Å². The zero-order chi connectivity index (χ0) is 12.3. The second kappa shape index (κ2) is 5.85. The second-order valence-electron chi connectivity index (χ2n) is 5.51. The summed E-state index contributed by atoms with van der Waals surface area (Å²) in [5.41, 5.74) is 1.17. The molecule has 96 valence electrons. The second-order valence-corrected chi connectivity index (χ2v) is 6.72. The van der Waals surface area contributed by atoms with Gasteiger partial charge in [0.25, 0.3) is 0 Å². The van der Waals surface area contributed by atoms with Gasteiger partial charge in [-0.3, -0.25) is 0 Å². The van der Waals surface area contributed by atoms with Crippen molar-refractivity contribution >= 4 is 16.5 Å². The highest BCUT2D eigenvalue weighted by Gasteiger charge is 2.18. The van der Waals surface area contributed by atoms with E-state index in [9.17, 15) is 0 Å². The van der Waals surface area contributed by atoms with E-state index in [4.69, 9.17) is 0 Å². The molecule has 1 saturated carbocycles. The molecule has 1 aromatic rings. The first-order valence-electron chi connectivity index (χ1n) is 6.83. The maximum atomic E-state index is 4.52. The molecule has 1 aliphatic rings. The Balaban J connectivity index is 1.72. The summed E-state index contributed by atoms with van der Waals surface area (Å²) in [6.07, 6.45) is 7.04. The lowest BCUT2D eigenvalue weighted by Gasteiger charge is -2.26. The van der Waals surface area contributed by atoms with E-state index in [0.717, 1.165) is 23.5 Å². The van der Waals surface area contributed by atoms with Crippen molar-refractivity contribution in [3.63, 3.8) is 0 Å². The lowest BCUT2D eigenvalue weighted by molar-refractivity contribution is 0.274. The molecule has 1 heterocycles. The lowest BCUT2D eigenvalue weighted by Crippen LogP contribution is -2.16. The van der Waals surface area contributed by atoms with Gasteiger partial charge in [0.2, 0.25) is 0 Å². The summed E-state index contributed by atoms with van der Waals surface area (Å²) in [4.78, 5) is 5.85. The third kappa shape index (κ3) is 3.70. The van der Waals surface area contributed by atoms with Crippen molar-refractivity contribution in [1.29, 1.82) is 0 Å². The van der Waals surface area contributed by atoms with Gasteiger partial charge in [0, 0.05) is 11.4 Å². The zero-order valence-corrected chi connectivity index (χ0v) is 12.1. The maximum absolute atomic E-state index is 4.52. The van der Waals surface area contributed by atoms with E-state index < -0.39 is 0 Å². The number of hydrogen-bond donors (Lipinski definition) is 1. The smallest absolute Gasteiger partial charge is 0.183 e. The predicted octanol–water partition coefficient (Wildman–Crippen LogP) is 4.39. The minimum atomic E-state index is 0.938. The topological polar surface area (TPSA) is 24.9 Å². The first kappa shape index (κ1) is 12.9. The Labute approximate surface area is 109 Å². The lowest BCUT2D eigenvalue weighted by atomic mass is 9.81. The van der Waals surface area contributed by atoms with Gasteiger partial charge < -0.3 is 5.32 Å². The van der Waals surface area contributed by atoms with Gasteiger partial charge in [-0.05, 0) is 38.5 Å². The molecule has 0 amide bonds. The number of hydrogen-bond acceptors (Lipinski definition) is 3. The van der Waals surface area contributed by atoms with Crippen molar-refractivity contribution in [2.24, 2.45) is 11.8 Å². The highest BCUT2D eigenvalue weighted by atomic mass is 32.1. The summed E-state index contributed by atoms with van der Waals surface area (Å²) >= 11 is 1.78. The van der Waals surface area contributed by atoms with Crippen LogP contribution in [0.1, 0.15) is 49.6 Å². The van der Waals surface area contributed by atoms with E-state index in [1.54, 1.807) is 11.3 Å². The first-order chi connectivity index (χ1) is 8.15. The van der Waals surface area contributed by atoms with Crippen LogP contribution < -0.4 is 5.32 Å². The Morgan fingerprint density at radius 1 is 1.35 bits per heavy atom. The van der Waals surface area contributed by atoms with Crippen LogP contribution in [0.3, 0.4) is 0 Å². The van der Waals surface area contributed by atoms with E-state index in [-0.39, 0.29) is 0 Å². The average molecular weight is 252 g/mol. The monoisotopic (exact) mass is 252 g/mol. The molecule has 3 heteroatoms. The fraction of sp³-hybridized carbons (Fsp3) is 0.786. The van der Waals surface area contributed by atoms with Gasteiger partial charge in [0.05, 0.1) is 5.69 Å². The largest absolute Gasteiger partial charge is 0.361 e. The first-order valence-corrected chi connectivity index (χ1v) is 7.64. The molecule has 1 aliphatic carbocycles. The maximum Gasteiger partial charge on any atom is 0.183 e. The van der Waals surface area contributed by atoms with E-state index in [2.05, 4.69) is 31.1 Å². The van der Waals surface area contributed by atoms with Gasteiger partial charge in [-0.25, -0.2) is 4.98 Å². The van der Waals surface area contributed by atoms with Gasteiger partial charge in [-0.15, -0.1) is 11.3 Å². The minimum Gasteiger partial charge on any atom is -0.361 e. The van der Waals surface area contributed by atoms with Gasteiger partial charge in [-0.1, -0.05) is 26.2 Å². The van der Waals surface area contributed by atoms with Crippen LogP contribution >= 0.6 is 11.3 Å². The molecule has 2 unspecified atom stereocenters. The summed E-state index contributed by atoms with van der Waals surface area (Å²) in [5, 5.41) is 4.58. The molecule has 0 spiro atoms. The molecule has 0 aliphatic heterocycles. The molecule has 0 radical (unpaired) electrons. The molecular weight excluding hydrogens is 228 g/mol. The van der Waals surface area contributed by atoms with Crippen LogP contribution in [-0.4, -0.2) is 11.5 Å². The third-order valence-electron chi connectivity index (χ3n) is 3.90. The molecular formula is C14H24N2S. The number of nitrogens with zero attached hydrogens (tertiary/aromatic N) is 1. The Morgan fingerprint density at radius 2 is 2.18 bits per heavy atom. The van der Waals surface area contributed by atoms with Crippen LogP contribution in [-0.2, 0) is 0 Å². The van der Waals surface area contributed by atoms with E-state index in [0.29, 0.717) is 0 Å². The molecule has 17 heavy (non-hydrogen) atoms. The van der Waals surface area contributed by atoms with Gasteiger partial charge in [0.15, 0.2) is 5.13 Å². The summed E-state index contributed by atoms with van der Waals surface area (Å²) in [6, 6.07) is 0. The van der Waals surface area contributed by atoms with Crippen molar-refractivity contribution in [1.82, 2.24) is 4.98 Å². The van der Waals surface area contributed by atoms with Crippen molar-refractivity contribution < 1.29 is 0 Å². The van der Waals surface area contributed by atoms with Crippen molar-refractivity contribution in [2.75, 3.05) is 11.9 Å². The van der Waals surface area contributed by atoms with Crippen LogP contribution in [0.15, 0.2) is 0 Å². The summed E-state index contributed by atoms with van der Waals surface area (Å²) in [6.45, 7) is 7.71. The number of nitrogens with one attached hydrogen (secondary N) is 1. The molecule has 2 atom stereocenters. The van der Waals surface area contributed by atoms with Crippen molar-refractivity contribution in [3.05, 3.63) is 10.6 Å². The average Bonchev–Trinajstić information content (AvgIpc) is 2.58. The Kier molecular flexibility index (Phi) is 4.43. The number of thiazole rings is 1. The fourth-order valence-electron chi connectivity index (χ4n) is 2.75. The van der Waals surface area contributed by atoms with Crippen molar-refractivity contribution in [2.45, 2.75) is 52.9 Å². The minimum absolute atomic E-state index is 0.938. The van der Waals surface area contributed by atoms with Gasteiger partial charge >= 0.3 is 0 Å². The zero-order valence-electron chi connectivity index (χ0n) is 11.3. The Hall–Kier alpha value is -0.570. The third-order valence-corrected chi connectivity index (χ3v) is 4.93. The van der Waals surface area contributed by atoms with Crippen molar-refractivity contribution in [3.8, 4) is 0 Å².